The van der Waals surface area contributed by atoms with Gasteiger partial charge in [0, 0.05) is 29.1 Å². The van der Waals surface area contributed by atoms with Crippen molar-refractivity contribution in [3.05, 3.63) is 45.9 Å². The van der Waals surface area contributed by atoms with E-state index in [-0.39, 0.29) is 11.5 Å². The lowest BCUT2D eigenvalue weighted by molar-refractivity contribution is -0.125. The molecule has 0 bridgehead atoms. The Morgan fingerprint density at radius 3 is 2.65 bits per heavy atom. The summed E-state index contributed by atoms with van der Waals surface area (Å²) in [7, 11) is 0. The molecule has 0 N–H and O–H groups in total. The third-order valence-electron chi connectivity index (χ3n) is 3.65. The van der Waals surface area contributed by atoms with Crippen LogP contribution in [0.1, 0.15) is 18.5 Å². The summed E-state index contributed by atoms with van der Waals surface area (Å²) in [4.78, 5) is 18.5. The molecule has 1 aromatic heterocycles. The Morgan fingerprint density at radius 1 is 1.30 bits per heavy atom. The lowest BCUT2D eigenvalue weighted by atomic mass is 10.2. The van der Waals surface area contributed by atoms with E-state index in [1.54, 1.807) is 11.0 Å². The van der Waals surface area contributed by atoms with Crippen molar-refractivity contribution >= 4 is 34.9 Å². The molecule has 116 valence electrons. The lowest BCUT2D eigenvalue weighted by Gasteiger charge is -2.13. The van der Waals surface area contributed by atoms with Crippen molar-refractivity contribution in [2.45, 2.75) is 12.8 Å². The van der Waals surface area contributed by atoms with Gasteiger partial charge in [0.05, 0.1) is 5.69 Å². The number of likely N-dealkylation sites (tertiary alicyclic amines) is 1. The minimum atomic E-state index is -0.203. The summed E-state index contributed by atoms with van der Waals surface area (Å²) < 4.78 is 0. The molecule has 2 aromatic rings. The number of rotatable bonds is 3. The van der Waals surface area contributed by atoms with E-state index < -0.39 is 0 Å². The molecule has 0 aliphatic carbocycles. The second kappa shape index (κ2) is 6.95. The van der Waals surface area contributed by atoms with Crippen LogP contribution in [0.25, 0.3) is 16.6 Å². The van der Waals surface area contributed by atoms with E-state index in [2.05, 4.69) is 4.98 Å². The predicted molar refractivity (Wildman–Crippen MR) is 92.0 cm³/mol. The first-order chi connectivity index (χ1) is 11.2. The van der Waals surface area contributed by atoms with Crippen molar-refractivity contribution < 1.29 is 4.79 Å². The van der Waals surface area contributed by atoms with Gasteiger partial charge in [-0.05, 0) is 31.1 Å². The Labute approximate surface area is 143 Å². The summed E-state index contributed by atoms with van der Waals surface area (Å²) in [6, 6.07) is 9.42. The number of benzene rings is 1. The molecule has 1 saturated heterocycles. The highest BCUT2D eigenvalue weighted by atomic mass is 35.5. The van der Waals surface area contributed by atoms with Gasteiger partial charge in [-0.2, -0.15) is 5.26 Å². The van der Waals surface area contributed by atoms with E-state index in [1.807, 2.05) is 35.7 Å². The van der Waals surface area contributed by atoms with Crippen molar-refractivity contribution in [2.75, 3.05) is 13.1 Å². The van der Waals surface area contributed by atoms with E-state index in [1.165, 1.54) is 11.3 Å². The molecule has 6 heteroatoms. The van der Waals surface area contributed by atoms with Crippen molar-refractivity contribution in [2.24, 2.45) is 0 Å². The minimum absolute atomic E-state index is 0.139. The summed E-state index contributed by atoms with van der Waals surface area (Å²) in [5.41, 5.74) is 1.73. The molecule has 23 heavy (non-hydrogen) atoms. The molecule has 1 aromatic carbocycles. The molecule has 2 heterocycles. The molecule has 3 rings (SSSR count). The summed E-state index contributed by atoms with van der Waals surface area (Å²) in [6.45, 7) is 1.45. The van der Waals surface area contributed by atoms with Crippen molar-refractivity contribution in [1.82, 2.24) is 9.88 Å². The average Bonchev–Trinajstić information content (AvgIpc) is 3.24. The largest absolute Gasteiger partial charge is 0.338 e. The third-order valence-corrected chi connectivity index (χ3v) is 4.81. The van der Waals surface area contributed by atoms with Gasteiger partial charge in [0.25, 0.3) is 5.91 Å². The number of halogens is 1. The summed E-state index contributed by atoms with van der Waals surface area (Å²) in [6.07, 6.45) is 3.57. The Hall–Kier alpha value is -2.16. The molecule has 1 fully saturated rings. The van der Waals surface area contributed by atoms with Crippen LogP contribution in [-0.2, 0) is 4.79 Å². The van der Waals surface area contributed by atoms with Crippen molar-refractivity contribution in [3.63, 3.8) is 0 Å². The van der Waals surface area contributed by atoms with Crippen LogP contribution in [0, 0.1) is 11.3 Å². The first-order valence-corrected chi connectivity index (χ1v) is 8.55. The molecule has 0 spiro atoms. The maximum Gasteiger partial charge on any atom is 0.264 e. The normalized spacial score (nSPS) is 14.8. The Morgan fingerprint density at radius 2 is 2.00 bits per heavy atom. The smallest absolute Gasteiger partial charge is 0.264 e. The van der Waals surface area contributed by atoms with E-state index in [4.69, 9.17) is 11.6 Å². The maximum absolute atomic E-state index is 12.3. The van der Waals surface area contributed by atoms with Crippen LogP contribution in [0.15, 0.2) is 35.2 Å². The zero-order valence-corrected chi connectivity index (χ0v) is 13.9. The SMILES string of the molecule is N#C/C(=C\c1csc(-c2ccc(Cl)cc2)n1)C(=O)N1CCCC1. The van der Waals surface area contributed by atoms with Gasteiger partial charge in [-0.25, -0.2) is 4.98 Å². The van der Waals surface area contributed by atoms with Gasteiger partial charge >= 0.3 is 0 Å². The summed E-state index contributed by atoms with van der Waals surface area (Å²) in [5.74, 6) is -0.203. The van der Waals surface area contributed by atoms with Crippen molar-refractivity contribution in [1.29, 1.82) is 5.26 Å². The fraction of sp³-hybridized carbons (Fsp3) is 0.235. The number of carbonyl (C=O) groups is 1. The molecule has 1 aliphatic heterocycles. The highest BCUT2D eigenvalue weighted by Crippen LogP contribution is 2.26. The van der Waals surface area contributed by atoms with Gasteiger partial charge in [0.1, 0.15) is 16.6 Å². The average molecular weight is 344 g/mol. The van der Waals surface area contributed by atoms with Crippen LogP contribution >= 0.6 is 22.9 Å². The first-order valence-electron chi connectivity index (χ1n) is 7.30. The number of hydrogen-bond acceptors (Lipinski definition) is 4. The van der Waals surface area contributed by atoms with E-state index in [0.29, 0.717) is 10.7 Å². The number of carbonyl (C=O) groups excluding carboxylic acids is 1. The van der Waals surface area contributed by atoms with Gasteiger partial charge in [-0.1, -0.05) is 23.7 Å². The van der Waals surface area contributed by atoms with Crippen LogP contribution in [0.2, 0.25) is 5.02 Å². The van der Waals surface area contributed by atoms with Crippen LogP contribution in [-0.4, -0.2) is 28.9 Å². The number of hydrogen-bond donors (Lipinski definition) is 0. The minimum Gasteiger partial charge on any atom is -0.338 e. The highest BCUT2D eigenvalue weighted by molar-refractivity contribution is 7.13. The van der Waals surface area contributed by atoms with E-state index in [0.717, 1.165) is 36.5 Å². The molecule has 1 aliphatic rings. The highest BCUT2D eigenvalue weighted by Gasteiger charge is 2.21. The molecular formula is C17H14ClN3OS. The molecule has 0 saturated carbocycles. The standard InChI is InChI=1S/C17H14ClN3OS/c18-14-5-3-12(4-6-14)16-20-15(11-23-16)9-13(10-19)17(22)21-7-1-2-8-21/h3-6,9,11H,1-2,7-8H2/b13-9+. The second-order valence-corrected chi connectivity index (χ2v) is 6.55. The Kier molecular flexibility index (Phi) is 4.75. The molecule has 0 atom stereocenters. The van der Waals surface area contributed by atoms with Gasteiger partial charge < -0.3 is 4.90 Å². The fourth-order valence-electron chi connectivity index (χ4n) is 2.46. The zero-order chi connectivity index (χ0) is 16.2. The van der Waals surface area contributed by atoms with Gasteiger partial charge in [-0.15, -0.1) is 11.3 Å². The molecule has 0 radical (unpaired) electrons. The first kappa shape index (κ1) is 15.7. The van der Waals surface area contributed by atoms with Gasteiger partial charge in [0.2, 0.25) is 0 Å². The third kappa shape index (κ3) is 3.61. The fourth-order valence-corrected chi connectivity index (χ4v) is 3.37. The van der Waals surface area contributed by atoms with E-state index in [9.17, 15) is 10.1 Å². The predicted octanol–water partition coefficient (Wildman–Crippen LogP) is 3.99. The van der Waals surface area contributed by atoms with E-state index >= 15 is 0 Å². The maximum atomic E-state index is 12.3. The Balaban J connectivity index is 1.82. The second-order valence-electron chi connectivity index (χ2n) is 5.25. The summed E-state index contributed by atoms with van der Waals surface area (Å²) in [5, 5.41) is 12.6. The van der Waals surface area contributed by atoms with Crippen LogP contribution in [0.5, 0.6) is 0 Å². The number of nitrogens with zero attached hydrogens (tertiary/aromatic N) is 3. The van der Waals surface area contributed by atoms with Crippen LogP contribution in [0.4, 0.5) is 0 Å². The Bertz CT molecular complexity index is 783. The molecule has 4 nitrogen and oxygen atoms in total. The number of nitriles is 1. The molecule has 0 unspecified atom stereocenters. The molecular weight excluding hydrogens is 330 g/mol. The number of aromatic nitrogens is 1. The van der Waals surface area contributed by atoms with Gasteiger partial charge in [-0.3, -0.25) is 4.79 Å². The number of thiazole rings is 1. The molecule has 1 amide bonds. The zero-order valence-electron chi connectivity index (χ0n) is 12.3. The van der Waals surface area contributed by atoms with Gasteiger partial charge in [0.15, 0.2) is 0 Å². The monoisotopic (exact) mass is 343 g/mol. The van der Waals surface area contributed by atoms with Crippen LogP contribution < -0.4 is 0 Å². The summed E-state index contributed by atoms with van der Waals surface area (Å²) >= 11 is 7.36. The topological polar surface area (TPSA) is 57.0 Å². The van der Waals surface area contributed by atoms with Crippen LogP contribution in [0.3, 0.4) is 0 Å². The number of amides is 1. The quantitative estimate of drug-likeness (QED) is 0.625. The lowest BCUT2D eigenvalue weighted by Crippen LogP contribution is -2.28. The van der Waals surface area contributed by atoms with Crippen molar-refractivity contribution in [3.8, 4) is 16.6 Å².